The van der Waals surface area contributed by atoms with Crippen LogP contribution in [0.15, 0.2) is 85.1 Å². The fourth-order valence-corrected chi connectivity index (χ4v) is 3.69. The predicted octanol–water partition coefficient (Wildman–Crippen LogP) is 5.85. The third-order valence-corrected chi connectivity index (χ3v) is 5.37. The van der Waals surface area contributed by atoms with Crippen LogP contribution in [0.1, 0.15) is 35.2 Å². The maximum atomic E-state index is 3.68. The summed E-state index contributed by atoms with van der Waals surface area (Å²) < 4.78 is 2.38. The van der Waals surface area contributed by atoms with Crippen LogP contribution < -0.4 is 5.32 Å². The molecule has 0 bridgehead atoms. The molecule has 2 nitrogen and oxygen atoms in total. The topological polar surface area (TPSA) is 17.0 Å². The van der Waals surface area contributed by atoms with Crippen molar-refractivity contribution in [3.05, 3.63) is 107 Å². The number of rotatable bonds is 6. The van der Waals surface area contributed by atoms with Gasteiger partial charge in [-0.3, -0.25) is 0 Å². The summed E-state index contributed by atoms with van der Waals surface area (Å²) in [7, 11) is 0. The molecular weight excluding hydrogens is 328 g/mol. The fourth-order valence-electron chi connectivity index (χ4n) is 3.69. The molecular formula is C25H26N2. The Morgan fingerprint density at radius 2 is 1.52 bits per heavy atom. The average molecular weight is 354 g/mol. The smallest absolute Gasteiger partial charge is 0.0486 e. The normalized spacial score (nSPS) is 12.4. The Morgan fingerprint density at radius 3 is 2.33 bits per heavy atom. The highest BCUT2D eigenvalue weighted by Gasteiger charge is 2.11. The number of aryl methyl sites for hydroxylation is 1. The van der Waals surface area contributed by atoms with Crippen LogP contribution in [0.5, 0.6) is 0 Å². The Hall–Kier alpha value is -2.84. The molecule has 27 heavy (non-hydrogen) atoms. The maximum absolute atomic E-state index is 3.68. The van der Waals surface area contributed by atoms with E-state index in [1.807, 2.05) is 0 Å². The van der Waals surface area contributed by atoms with Gasteiger partial charge in [0.2, 0.25) is 0 Å². The summed E-state index contributed by atoms with van der Waals surface area (Å²) in [5.41, 5.74) is 6.68. The number of nitrogens with one attached hydrogen (secondary N) is 1. The molecule has 0 radical (unpaired) electrons. The molecule has 1 aromatic heterocycles. The van der Waals surface area contributed by atoms with Crippen molar-refractivity contribution in [3.63, 3.8) is 0 Å². The van der Waals surface area contributed by atoms with Crippen LogP contribution in [0, 0.1) is 6.92 Å². The first-order valence-corrected chi connectivity index (χ1v) is 9.62. The van der Waals surface area contributed by atoms with E-state index in [2.05, 4.69) is 109 Å². The lowest BCUT2D eigenvalue weighted by atomic mass is 10.1. The second-order valence-corrected chi connectivity index (χ2v) is 7.24. The van der Waals surface area contributed by atoms with Crippen molar-refractivity contribution in [3.8, 4) is 0 Å². The predicted molar refractivity (Wildman–Crippen MR) is 114 cm³/mol. The van der Waals surface area contributed by atoms with Gasteiger partial charge in [-0.15, -0.1) is 0 Å². The summed E-state index contributed by atoms with van der Waals surface area (Å²) in [6.07, 6.45) is 2.31. The van der Waals surface area contributed by atoms with Gasteiger partial charge in [0.1, 0.15) is 0 Å². The number of aromatic nitrogens is 1. The Labute approximate surface area is 161 Å². The average Bonchev–Trinajstić information content (AvgIpc) is 3.06. The molecule has 0 aliphatic carbocycles. The first-order valence-electron chi connectivity index (χ1n) is 9.62. The Bertz CT molecular complexity index is 1030. The van der Waals surface area contributed by atoms with E-state index in [9.17, 15) is 0 Å². The van der Waals surface area contributed by atoms with Crippen molar-refractivity contribution in [1.29, 1.82) is 0 Å². The van der Waals surface area contributed by atoms with E-state index in [0.717, 1.165) is 13.1 Å². The van der Waals surface area contributed by atoms with Gasteiger partial charge in [0.05, 0.1) is 0 Å². The second kappa shape index (κ2) is 7.81. The molecule has 136 valence electrons. The number of benzene rings is 3. The highest BCUT2D eigenvalue weighted by molar-refractivity contribution is 5.84. The third kappa shape index (κ3) is 3.81. The lowest BCUT2D eigenvalue weighted by molar-refractivity contribution is 0.575. The van der Waals surface area contributed by atoms with E-state index in [0.29, 0.717) is 6.04 Å². The van der Waals surface area contributed by atoms with Crippen LogP contribution in [-0.4, -0.2) is 4.57 Å². The minimum Gasteiger partial charge on any atom is -0.343 e. The molecule has 0 saturated heterocycles. The molecule has 0 aliphatic rings. The van der Waals surface area contributed by atoms with Crippen molar-refractivity contribution < 1.29 is 0 Å². The van der Waals surface area contributed by atoms with E-state index in [4.69, 9.17) is 0 Å². The molecule has 0 unspecified atom stereocenters. The first kappa shape index (κ1) is 17.6. The van der Waals surface area contributed by atoms with Gasteiger partial charge in [-0.1, -0.05) is 72.8 Å². The highest BCUT2D eigenvalue weighted by atomic mass is 15.0. The zero-order chi connectivity index (χ0) is 18.6. The molecule has 3 aromatic carbocycles. The molecule has 1 heterocycles. The summed E-state index contributed by atoms with van der Waals surface area (Å²) in [5.74, 6) is 0. The van der Waals surface area contributed by atoms with Crippen LogP contribution in [-0.2, 0) is 13.1 Å². The van der Waals surface area contributed by atoms with Gasteiger partial charge < -0.3 is 9.88 Å². The quantitative estimate of drug-likeness (QED) is 0.460. The molecule has 4 aromatic rings. The molecule has 0 fully saturated rings. The van der Waals surface area contributed by atoms with Gasteiger partial charge in [-0.25, -0.2) is 0 Å². The van der Waals surface area contributed by atoms with Gasteiger partial charge in [0, 0.05) is 36.2 Å². The summed E-state index contributed by atoms with van der Waals surface area (Å²) >= 11 is 0. The lowest BCUT2D eigenvalue weighted by Gasteiger charge is -2.13. The molecule has 1 atom stereocenters. The van der Waals surface area contributed by atoms with Crippen molar-refractivity contribution >= 4 is 10.9 Å². The fraction of sp³-hybridized carbons (Fsp3) is 0.200. The van der Waals surface area contributed by atoms with Gasteiger partial charge in [-0.2, -0.15) is 0 Å². The number of hydrogen-bond acceptors (Lipinski definition) is 1. The van der Waals surface area contributed by atoms with E-state index in [1.54, 1.807) is 0 Å². The van der Waals surface area contributed by atoms with E-state index in [-0.39, 0.29) is 0 Å². The number of fused-ring (bicyclic) bond motifs is 1. The van der Waals surface area contributed by atoms with Gasteiger partial charge in [0.15, 0.2) is 0 Å². The van der Waals surface area contributed by atoms with Crippen LogP contribution in [0.25, 0.3) is 10.9 Å². The van der Waals surface area contributed by atoms with E-state index in [1.165, 1.54) is 33.2 Å². The Morgan fingerprint density at radius 1 is 0.815 bits per heavy atom. The largest absolute Gasteiger partial charge is 0.343 e. The zero-order valence-electron chi connectivity index (χ0n) is 16.0. The summed E-state index contributed by atoms with van der Waals surface area (Å²) in [4.78, 5) is 0. The third-order valence-electron chi connectivity index (χ3n) is 5.37. The molecule has 0 saturated carbocycles. The second-order valence-electron chi connectivity index (χ2n) is 7.24. The van der Waals surface area contributed by atoms with E-state index >= 15 is 0 Å². The molecule has 2 heteroatoms. The molecule has 0 spiro atoms. The van der Waals surface area contributed by atoms with Crippen molar-refractivity contribution in [2.24, 2.45) is 0 Å². The molecule has 1 N–H and O–H groups in total. The Kier molecular flexibility index (Phi) is 5.08. The molecule has 4 rings (SSSR count). The first-order chi connectivity index (χ1) is 13.2. The number of nitrogens with zero attached hydrogens (tertiary/aromatic N) is 1. The molecule has 0 amide bonds. The zero-order valence-corrected chi connectivity index (χ0v) is 16.0. The minimum atomic E-state index is 0.324. The van der Waals surface area contributed by atoms with E-state index < -0.39 is 0 Å². The Balaban J connectivity index is 1.59. The van der Waals surface area contributed by atoms with Crippen molar-refractivity contribution in [1.82, 2.24) is 9.88 Å². The van der Waals surface area contributed by atoms with Gasteiger partial charge in [0.25, 0.3) is 0 Å². The highest BCUT2D eigenvalue weighted by Crippen LogP contribution is 2.24. The molecule has 0 aliphatic heterocycles. The monoisotopic (exact) mass is 354 g/mol. The minimum absolute atomic E-state index is 0.324. The lowest BCUT2D eigenvalue weighted by Crippen LogP contribution is -2.17. The van der Waals surface area contributed by atoms with Crippen molar-refractivity contribution in [2.75, 3.05) is 0 Å². The van der Waals surface area contributed by atoms with Gasteiger partial charge in [-0.05, 0) is 42.2 Å². The number of para-hydroxylation sites is 1. The SMILES string of the molecule is Cc1ccccc1Cn1cc(CN[C@@H](C)c2ccccc2)c2ccccc21. The number of hydrogen-bond donors (Lipinski definition) is 1. The van der Waals surface area contributed by atoms with Crippen molar-refractivity contribution in [2.45, 2.75) is 33.0 Å². The van der Waals surface area contributed by atoms with Gasteiger partial charge >= 0.3 is 0 Å². The van der Waals surface area contributed by atoms with Crippen LogP contribution in [0.2, 0.25) is 0 Å². The summed E-state index contributed by atoms with van der Waals surface area (Å²) in [5, 5.41) is 5.01. The van der Waals surface area contributed by atoms with Crippen LogP contribution >= 0.6 is 0 Å². The standard InChI is InChI=1S/C25H26N2/c1-19-10-6-7-13-22(19)17-27-18-23(24-14-8-9-15-25(24)27)16-26-20(2)21-11-4-3-5-12-21/h3-15,18,20,26H,16-17H2,1-2H3/t20-/m0/s1. The van der Waals surface area contributed by atoms with Crippen LogP contribution in [0.4, 0.5) is 0 Å². The summed E-state index contributed by atoms with van der Waals surface area (Å²) in [6.45, 7) is 6.17. The van der Waals surface area contributed by atoms with Crippen LogP contribution in [0.3, 0.4) is 0 Å². The summed E-state index contributed by atoms with van der Waals surface area (Å²) in [6, 6.07) is 28.3. The maximum Gasteiger partial charge on any atom is 0.0486 e.